The van der Waals surface area contributed by atoms with Crippen LogP contribution in [0.15, 0.2) is 0 Å². The molecule has 3 unspecified atom stereocenters. The molecule has 1 saturated carbocycles. The van der Waals surface area contributed by atoms with Crippen molar-refractivity contribution in [3.05, 3.63) is 0 Å². The molecule has 5 N–H and O–H groups in total. The largest absolute Gasteiger partial charge is 0.444 e. The van der Waals surface area contributed by atoms with Gasteiger partial charge in [0, 0.05) is 6.54 Å². The minimum atomic E-state index is -1.48. The topological polar surface area (TPSA) is 151 Å². The predicted octanol–water partition coefficient (Wildman–Crippen LogP) is 0.413. The molecule has 2 fully saturated rings. The molecule has 1 heterocycles. The molecule has 0 aromatic heterocycles. The van der Waals surface area contributed by atoms with E-state index in [2.05, 4.69) is 10.6 Å². The maximum absolute atomic E-state index is 12.9. The van der Waals surface area contributed by atoms with Crippen LogP contribution in [0, 0.1) is 5.92 Å². The van der Waals surface area contributed by atoms with Crippen LogP contribution in [0.2, 0.25) is 0 Å². The van der Waals surface area contributed by atoms with Crippen molar-refractivity contribution in [2.24, 2.45) is 11.7 Å². The van der Waals surface area contributed by atoms with Crippen LogP contribution in [0.3, 0.4) is 0 Å². The van der Waals surface area contributed by atoms with Gasteiger partial charge in [0.15, 0.2) is 6.10 Å². The van der Waals surface area contributed by atoms with Crippen LogP contribution in [0.25, 0.3) is 0 Å². The van der Waals surface area contributed by atoms with Crippen LogP contribution >= 0.6 is 0 Å². The molecular weight excluding hydrogens is 404 g/mol. The Morgan fingerprint density at radius 3 is 2.39 bits per heavy atom. The molecule has 4 amide bonds. The molecule has 2 rings (SSSR count). The summed E-state index contributed by atoms with van der Waals surface area (Å²) in [6, 6.07) is -1.51. The summed E-state index contributed by atoms with van der Waals surface area (Å²) in [5.74, 6) is -1.17. The molecule has 0 radical (unpaired) electrons. The normalized spacial score (nSPS) is 21.0. The fourth-order valence-corrected chi connectivity index (χ4v) is 3.88. The fourth-order valence-electron chi connectivity index (χ4n) is 3.88. The number of nitrogens with two attached hydrogens (primary N) is 1. The van der Waals surface area contributed by atoms with Gasteiger partial charge in [-0.1, -0.05) is 19.3 Å². The lowest BCUT2D eigenvalue weighted by Crippen LogP contribution is -2.55. The highest BCUT2D eigenvalue weighted by Gasteiger charge is 2.37. The average molecular weight is 441 g/mol. The van der Waals surface area contributed by atoms with E-state index in [0.29, 0.717) is 31.7 Å². The van der Waals surface area contributed by atoms with Gasteiger partial charge in [0.2, 0.25) is 17.7 Å². The molecular formula is C21H36N4O6. The Bertz CT molecular complexity index is 673. The zero-order valence-electron chi connectivity index (χ0n) is 18.7. The third-order valence-corrected chi connectivity index (χ3v) is 5.77. The van der Waals surface area contributed by atoms with Gasteiger partial charge in [0.05, 0.1) is 6.04 Å². The number of nitrogens with zero attached hydrogens (tertiary/aromatic N) is 1. The molecule has 1 aliphatic carbocycles. The molecule has 10 nitrogen and oxygen atoms in total. The van der Waals surface area contributed by atoms with Crippen molar-refractivity contribution in [2.45, 2.75) is 89.5 Å². The van der Waals surface area contributed by atoms with Crippen molar-refractivity contribution in [1.82, 2.24) is 15.5 Å². The number of hydrogen-bond donors (Lipinski definition) is 4. The summed E-state index contributed by atoms with van der Waals surface area (Å²) in [6.45, 7) is 5.26. The van der Waals surface area contributed by atoms with Crippen molar-refractivity contribution >= 4 is 23.8 Å². The van der Waals surface area contributed by atoms with Gasteiger partial charge >= 0.3 is 6.09 Å². The molecule has 0 aromatic rings. The Labute approximate surface area is 183 Å². The van der Waals surface area contributed by atoms with Gasteiger partial charge in [-0.25, -0.2) is 4.79 Å². The van der Waals surface area contributed by atoms with Gasteiger partial charge in [-0.05, 0) is 52.4 Å². The average Bonchev–Trinajstić information content (AvgIpc) is 3.11. The first kappa shape index (κ1) is 24.9. The smallest absolute Gasteiger partial charge is 0.408 e. The maximum atomic E-state index is 12.9. The zero-order chi connectivity index (χ0) is 23.2. The van der Waals surface area contributed by atoms with Crippen LogP contribution in [0.1, 0.15) is 65.7 Å². The number of amides is 4. The summed E-state index contributed by atoms with van der Waals surface area (Å²) >= 11 is 0. The fraction of sp³-hybridized carbons (Fsp3) is 0.810. The summed E-state index contributed by atoms with van der Waals surface area (Å²) in [5, 5.41) is 15.3. The third-order valence-electron chi connectivity index (χ3n) is 5.77. The summed E-state index contributed by atoms with van der Waals surface area (Å²) in [5.41, 5.74) is 4.57. The number of rotatable bonds is 9. The number of carbonyl (C=O) groups is 4. The number of carbonyl (C=O) groups excluding carboxylic acids is 4. The van der Waals surface area contributed by atoms with Crippen LogP contribution in [0.4, 0.5) is 4.79 Å². The first-order chi connectivity index (χ1) is 14.5. The number of likely N-dealkylation sites (tertiary alicyclic amines) is 1. The van der Waals surface area contributed by atoms with E-state index in [-0.39, 0.29) is 6.54 Å². The van der Waals surface area contributed by atoms with E-state index in [1.165, 1.54) is 11.3 Å². The van der Waals surface area contributed by atoms with Gasteiger partial charge in [-0.3, -0.25) is 14.4 Å². The van der Waals surface area contributed by atoms with Crippen molar-refractivity contribution in [1.29, 1.82) is 0 Å². The second-order valence-corrected chi connectivity index (χ2v) is 9.44. The third kappa shape index (κ3) is 7.68. The standard InChI is InChI=1S/C21H36N4O6/c1-21(2,3)31-20(30)23-12-16(26)25-11-5-8-15(25)19(29)24-14(17(27)18(22)28)10-9-13-6-4-7-13/h13-15,17,27H,4-12H2,1-3H3,(H2,22,28)(H,23,30)(H,24,29). The van der Waals surface area contributed by atoms with E-state index >= 15 is 0 Å². The van der Waals surface area contributed by atoms with E-state index in [1.54, 1.807) is 20.8 Å². The quantitative estimate of drug-likeness (QED) is 0.408. The second kappa shape index (κ2) is 10.8. The molecule has 0 spiro atoms. The van der Waals surface area contributed by atoms with Crippen LogP contribution in [0.5, 0.6) is 0 Å². The van der Waals surface area contributed by atoms with Gasteiger partial charge in [0.1, 0.15) is 18.2 Å². The summed E-state index contributed by atoms with van der Waals surface area (Å²) < 4.78 is 5.11. The van der Waals surface area contributed by atoms with E-state index in [1.807, 2.05) is 0 Å². The lowest BCUT2D eigenvalue weighted by molar-refractivity contribution is -0.139. The highest BCUT2D eigenvalue weighted by molar-refractivity contribution is 5.90. The Hall–Kier alpha value is -2.36. The second-order valence-electron chi connectivity index (χ2n) is 9.44. The lowest BCUT2D eigenvalue weighted by Gasteiger charge is -2.31. The van der Waals surface area contributed by atoms with Crippen molar-refractivity contribution in [3.8, 4) is 0 Å². The molecule has 2 aliphatic rings. The van der Waals surface area contributed by atoms with E-state index in [9.17, 15) is 24.3 Å². The molecule has 0 aromatic carbocycles. The maximum Gasteiger partial charge on any atom is 0.408 e. The highest BCUT2D eigenvalue weighted by atomic mass is 16.6. The van der Waals surface area contributed by atoms with E-state index in [4.69, 9.17) is 10.5 Å². The highest BCUT2D eigenvalue weighted by Crippen LogP contribution is 2.31. The number of alkyl carbamates (subject to hydrolysis) is 1. The summed E-state index contributed by atoms with van der Waals surface area (Å²) in [7, 11) is 0. The Morgan fingerprint density at radius 1 is 1.16 bits per heavy atom. The Morgan fingerprint density at radius 2 is 1.84 bits per heavy atom. The summed E-state index contributed by atoms with van der Waals surface area (Å²) in [6.07, 6.45) is 3.56. The number of primary amides is 1. The number of nitrogens with one attached hydrogen (secondary N) is 2. The molecule has 10 heteroatoms. The lowest BCUT2D eigenvalue weighted by atomic mass is 9.81. The number of hydrogen-bond acceptors (Lipinski definition) is 6. The van der Waals surface area contributed by atoms with Crippen molar-refractivity contribution < 1.29 is 29.0 Å². The first-order valence-corrected chi connectivity index (χ1v) is 11.0. The van der Waals surface area contributed by atoms with Gasteiger partial charge in [-0.2, -0.15) is 0 Å². The van der Waals surface area contributed by atoms with E-state index in [0.717, 1.165) is 19.3 Å². The number of aliphatic hydroxyl groups is 1. The molecule has 3 atom stereocenters. The minimum Gasteiger partial charge on any atom is -0.444 e. The first-order valence-electron chi connectivity index (χ1n) is 11.0. The molecule has 176 valence electrons. The van der Waals surface area contributed by atoms with Crippen LogP contribution in [-0.2, 0) is 19.1 Å². The molecule has 1 saturated heterocycles. The van der Waals surface area contributed by atoms with Gasteiger partial charge in [-0.15, -0.1) is 0 Å². The Kier molecular flexibility index (Phi) is 8.67. The molecule has 1 aliphatic heterocycles. The van der Waals surface area contributed by atoms with Crippen molar-refractivity contribution in [2.75, 3.05) is 13.1 Å². The van der Waals surface area contributed by atoms with Gasteiger partial charge < -0.3 is 31.1 Å². The SMILES string of the molecule is CC(C)(C)OC(=O)NCC(=O)N1CCCC1C(=O)NC(CCC1CCC1)C(O)C(N)=O. The predicted molar refractivity (Wildman–Crippen MR) is 113 cm³/mol. The summed E-state index contributed by atoms with van der Waals surface area (Å²) in [4.78, 5) is 50.1. The Balaban J connectivity index is 1.92. The van der Waals surface area contributed by atoms with Gasteiger partial charge in [0.25, 0.3) is 0 Å². The number of ether oxygens (including phenoxy) is 1. The van der Waals surface area contributed by atoms with Crippen LogP contribution in [-0.4, -0.2) is 70.7 Å². The van der Waals surface area contributed by atoms with Crippen LogP contribution < -0.4 is 16.4 Å². The minimum absolute atomic E-state index is 0.284. The monoisotopic (exact) mass is 440 g/mol. The molecule has 31 heavy (non-hydrogen) atoms. The number of aliphatic hydroxyl groups excluding tert-OH is 1. The van der Waals surface area contributed by atoms with Crippen molar-refractivity contribution in [3.63, 3.8) is 0 Å². The zero-order valence-corrected chi connectivity index (χ0v) is 18.7. The van der Waals surface area contributed by atoms with E-state index < -0.39 is 47.6 Å². The molecule has 0 bridgehead atoms.